The van der Waals surface area contributed by atoms with Crippen molar-refractivity contribution in [2.75, 3.05) is 5.32 Å². The molecule has 1 aromatic heterocycles. The number of anilines is 1. The number of halogens is 1. The van der Waals surface area contributed by atoms with Crippen molar-refractivity contribution in [3.63, 3.8) is 0 Å². The molecule has 0 radical (unpaired) electrons. The smallest absolute Gasteiger partial charge is 0.277 e. The van der Waals surface area contributed by atoms with Crippen LogP contribution in [0.3, 0.4) is 0 Å². The molecule has 0 saturated carbocycles. The van der Waals surface area contributed by atoms with Crippen LogP contribution in [0.1, 0.15) is 12.5 Å². The van der Waals surface area contributed by atoms with Crippen molar-refractivity contribution in [1.29, 1.82) is 5.26 Å². The molecule has 0 saturated heterocycles. The first-order valence-corrected chi connectivity index (χ1v) is 8.88. The standard InChI is InChI=1S/C18H13ClN4O2S/c1-11(16(24)21-15-7-5-12(10-20)6-8-15)26-18-23-22-17(25-18)13-3-2-4-14(19)9-13/h2-9,11H,1H3,(H,21,24)/t11-/m0/s1. The van der Waals surface area contributed by atoms with Gasteiger partial charge in [0.2, 0.25) is 11.8 Å². The number of carbonyl (C=O) groups excluding carboxylic acids is 1. The van der Waals surface area contributed by atoms with E-state index in [-0.39, 0.29) is 5.91 Å². The van der Waals surface area contributed by atoms with E-state index in [1.165, 1.54) is 0 Å². The summed E-state index contributed by atoms with van der Waals surface area (Å²) < 4.78 is 5.59. The third-order valence-corrected chi connectivity index (χ3v) is 4.58. The van der Waals surface area contributed by atoms with Crippen molar-refractivity contribution < 1.29 is 9.21 Å². The van der Waals surface area contributed by atoms with Gasteiger partial charge in [0.05, 0.1) is 16.9 Å². The molecule has 1 atom stereocenters. The third kappa shape index (κ3) is 4.42. The van der Waals surface area contributed by atoms with Crippen LogP contribution in [0.5, 0.6) is 0 Å². The Kier molecular flexibility index (Phi) is 5.56. The maximum Gasteiger partial charge on any atom is 0.277 e. The molecule has 1 heterocycles. The zero-order valence-electron chi connectivity index (χ0n) is 13.6. The number of nitriles is 1. The highest BCUT2D eigenvalue weighted by Crippen LogP contribution is 2.27. The van der Waals surface area contributed by atoms with E-state index in [0.717, 1.165) is 11.8 Å². The zero-order chi connectivity index (χ0) is 18.5. The Hall–Kier alpha value is -2.82. The Balaban J connectivity index is 1.63. The lowest BCUT2D eigenvalue weighted by Gasteiger charge is -2.09. The Morgan fingerprint density at radius 2 is 2.04 bits per heavy atom. The normalized spacial score (nSPS) is 11.6. The van der Waals surface area contributed by atoms with Crippen LogP contribution in [-0.4, -0.2) is 21.4 Å². The van der Waals surface area contributed by atoms with E-state index in [1.807, 2.05) is 12.1 Å². The van der Waals surface area contributed by atoms with Crippen LogP contribution in [0.25, 0.3) is 11.5 Å². The van der Waals surface area contributed by atoms with Gasteiger partial charge in [-0.2, -0.15) is 5.26 Å². The maximum atomic E-state index is 12.3. The Morgan fingerprint density at radius 1 is 1.27 bits per heavy atom. The average Bonchev–Trinajstić information content (AvgIpc) is 3.11. The van der Waals surface area contributed by atoms with Crippen LogP contribution in [0.15, 0.2) is 58.2 Å². The minimum absolute atomic E-state index is 0.206. The summed E-state index contributed by atoms with van der Waals surface area (Å²) in [4.78, 5) is 12.3. The number of nitrogens with zero attached hydrogens (tertiary/aromatic N) is 3. The molecule has 0 bridgehead atoms. The van der Waals surface area contributed by atoms with Crippen LogP contribution in [-0.2, 0) is 4.79 Å². The van der Waals surface area contributed by atoms with E-state index in [4.69, 9.17) is 21.3 Å². The molecule has 0 aliphatic carbocycles. The predicted molar refractivity (Wildman–Crippen MR) is 99.8 cm³/mol. The first kappa shape index (κ1) is 18.0. The van der Waals surface area contributed by atoms with E-state index < -0.39 is 5.25 Å². The average molecular weight is 385 g/mol. The van der Waals surface area contributed by atoms with Crippen LogP contribution < -0.4 is 5.32 Å². The molecule has 0 fully saturated rings. The van der Waals surface area contributed by atoms with Gasteiger partial charge in [0.15, 0.2) is 0 Å². The molecule has 26 heavy (non-hydrogen) atoms. The van der Waals surface area contributed by atoms with Crippen molar-refractivity contribution in [2.24, 2.45) is 0 Å². The molecule has 8 heteroatoms. The number of hydrogen-bond acceptors (Lipinski definition) is 6. The predicted octanol–water partition coefficient (Wildman–Crippen LogP) is 4.38. The number of amides is 1. The number of hydrogen-bond donors (Lipinski definition) is 1. The molecule has 130 valence electrons. The van der Waals surface area contributed by atoms with Crippen molar-refractivity contribution in [2.45, 2.75) is 17.4 Å². The van der Waals surface area contributed by atoms with Gasteiger partial charge >= 0.3 is 0 Å². The molecule has 0 spiro atoms. The summed E-state index contributed by atoms with van der Waals surface area (Å²) in [5, 5.41) is 19.9. The molecular weight excluding hydrogens is 372 g/mol. The Bertz CT molecular complexity index is 966. The minimum Gasteiger partial charge on any atom is -0.411 e. The van der Waals surface area contributed by atoms with Crippen LogP contribution in [0.4, 0.5) is 5.69 Å². The summed E-state index contributed by atoms with van der Waals surface area (Å²) in [6.45, 7) is 1.74. The SMILES string of the molecule is C[C@H](Sc1nnc(-c2cccc(Cl)c2)o1)C(=O)Nc1ccc(C#N)cc1. The van der Waals surface area contributed by atoms with Crippen molar-refractivity contribution in [1.82, 2.24) is 10.2 Å². The third-order valence-electron chi connectivity index (χ3n) is 3.41. The van der Waals surface area contributed by atoms with E-state index in [2.05, 4.69) is 15.5 Å². The summed E-state index contributed by atoms with van der Waals surface area (Å²) >= 11 is 7.12. The van der Waals surface area contributed by atoms with Gasteiger partial charge in [0.1, 0.15) is 0 Å². The van der Waals surface area contributed by atoms with Crippen LogP contribution >= 0.6 is 23.4 Å². The number of thioether (sulfide) groups is 1. The van der Waals surface area contributed by atoms with Crippen molar-refractivity contribution >= 4 is 35.0 Å². The van der Waals surface area contributed by atoms with Crippen LogP contribution in [0.2, 0.25) is 5.02 Å². The van der Waals surface area contributed by atoms with E-state index in [0.29, 0.717) is 33.0 Å². The lowest BCUT2D eigenvalue weighted by Crippen LogP contribution is -2.22. The fraction of sp³-hybridized carbons (Fsp3) is 0.111. The van der Waals surface area contributed by atoms with Gasteiger partial charge in [-0.05, 0) is 49.4 Å². The largest absolute Gasteiger partial charge is 0.411 e. The minimum atomic E-state index is -0.446. The van der Waals surface area contributed by atoms with Gasteiger partial charge in [-0.25, -0.2) is 0 Å². The van der Waals surface area contributed by atoms with E-state index in [1.54, 1.807) is 49.4 Å². The number of nitrogens with one attached hydrogen (secondary N) is 1. The van der Waals surface area contributed by atoms with Gasteiger partial charge in [0, 0.05) is 16.3 Å². The summed E-state index contributed by atoms with van der Waals surface area (Å²) in [5.41, 5.74) is 1.86. The second-order valence-corrected chi connectivity index (χ2v) is 7.05. The van der Waals surface area contributed by atoms with Crippen molar-refractivity contribution in [3.8, 4) is 17.5 Å². The molecule has 6 nitrogen and oxygen atoms in total. The summed E-state index contributed by atoms with van der Waals surface area (Å²) in [5.74, 6) is 0.136. The quantitative estimate of drug-likeness (QED) is 0.656. The number of benzene rings is 2. The molecule has 2 aromatic carbocycles. The molecule has 1 N–H and O–H groups in total. The van der Waals surface area contributed by atoms with Gasteiger partial charge < -0.3 is 9.73 Å². The molecule has 3 aromatic rings. The van der Waals surface area contributed by atoms with Crippen LogP contribution in [0, 0.1) is 11.3 Å². The van der Waals surface area contributed by atoms with Gasteiger partial charge in [-0.3, -0.25) is 4.79 Å². The Labute approximate surface area is 159 Å². The fourth-order valence-corrected chi connectivity index (χ4v) is 2.95. The highest BCUT2D eigenvalue weighted by molar-refractivity contribution is 8.00. The van der Waals surface area contributed by atoms with E-state index in [9.17, 15) is 4.79 Å². The lowest BCUT2D eigenvalue weighted by molar-refractivity contribution is -0.115. The first-order chi connectivity index (χ1) is 12.5. The van der Waals surface area contributed by atoms with E-state index >= 15 is 0 Å². The topological polar surface area (TPSA) is 91.8 Å². The fourth-order valence-electron chi connectivity index (χ4n) is 2.07. The molecule has 0 aliphatic heterocycles. The number of aromatic nitrogens is 2. The summed E-state index contributed by atoms with van der Waals surface area (Å²) in [6.07, 6.45) is 0. The second-order valence-electron chi connectivity index (χ2n) is 5.32. The molecule has 0 aliphatic rings. The lowest BCUT2D eigenvalue weighted by atomic mass is 10.2. The summed E-state index contributed by atoms with van der Waals surface area (Å²) in [7, 11) is 0. The monoisotopic (exact) mass is 384 g/mol. The van der Waals surface area contributed by atoms with Gasteiger partial charge in [0.25, 0.3) is 5.22 Å². The number of carbonyl (C=O) groups is 1. The zero-order valence-corrected chi connectivity index (χ0v) is 15.2. The first-order valence-electron chi connectivity index (χ1n) is 7.62. The molecule has 3 rings (SSSR count). The second kappa shape index (κ2) is 8.04. The molecule has 1 amide bonds. The maximum absolute atomic E-state index is 12.3. The molecule has 0 unspecified atom stereocenters. The van der Waals surface area contributed by atoms with Crippen molar-refractivity contribution in [3.05, 3.63) is 59.1 Å². The summed E-state index contributed by atoms with van der Waals surface area (Å²) in [6, 6.07) is 15.8. The van der Waals surface area contributed by atoms with Gasteiger partial charge in [-0.15, -0.1) is 10.2 Å². The Morgan fingerprint density at radius 3 is 2.73 bits per heavy atom. The highest BCUT2D eigenvalue weighted by atomic mass is 35.5. The molecular formula is C18H13ClN4O2S. The number of rotatable bonds is 5. The van der Waals surface area contributed by atoms with Gasteiger partial charge in [-0.1, -0.05) is 29.4 Å². The highest BCUT2D eigenvalue weighted by Gasteiger charge is 2.19.